The monoisotopic (exact) mass is 272 g/mol. The SMILES string of the molecule is O=C(Nc1ccccc1F)c1ncoc1-c1ccco1. The number of furan rings is 1. The number of oxazole rings is 1. The zero-order valence-electron chi connectivity index (χ0n) is 10.2. The van der Waals surface area contributed by atoms with Crippen molar-refractivity contribution in [1.29, 1.82) is 0 Å². The Bertz CT molecular complexity index is 734. The van der Waals surface area contributed by atoms with E-state index in [1.807, 2.05) is 0 Å². The van der Waals surface area contributed by atoms with Crippen molar-refractivity contribution in [2.45, 2.75) is 0 Å². The third kappa shape index (κ3) is 2.18. The third-order valence-electron chi connectivity index (χ3n) is 2.65. The molecule has 2 heterocycles. The summed E-state index contributed by atoms with van der Waals surface area (Å²) >= 11 is 0. The van der Waals surface area contributed by atoms with E-state index >= 15 is 0 Å². The fourth-order valence-electron chi connectivity index (χ4n) is 1.73. The van der Waals surface area contributed by atoms with Crippen molar-refractivity contribution in [3.63, 3.8) is 0 Å². The Hall–Kier alpha value is -2.89. The number of halogens is 1. The number of para-hydroxylation sites is 1. The zero-order valence-corrected chi connectivity index (χ0v) is 10.2. The summed E-state index contributed by atoms with van der Waals surface area (Å²) in [4.78, 5) is 15.9. The van der Waals surface area contributed by atoms with Gasteiger partial charge in [-0.1, -0.05) is 12.1 Å². The summed E-state index contributed by atoms with van der Waals surface area (Å²) in [5.41, 5.74) is 0.106. The number of rotatable bonds is 3. The molecule has 3 rings (SSSR count). The molecule has 5 nitrogen and oxygen atoms in total. The average molecular weight is 272 g/mol. The molecular weight excluding hydrogens is 263 g/mol. The first-order chi connectivity index (χ1) is 9.75. The number of nitrogens with zero attached hydrogens (tertiary/aromatic N) is 1. The predicted molar refractivity (Wildman–Crippen MR) is 68.6 cm³/mol. The zero-order chi connectivity index (χ0) is 13.9. The minimum Gasteiger partial charge on any atom is -0.461 e. The van der Waals surface area contributed by atoms with Gasteiger partial charge < -0.3 is 14.2 Å². The second-order valence-electron chi connectivity index (χ2n) is 3.94. The highest BCUT2D eigenvalue weighted by molar-refractivity contribution is 6.06. The fourth-order valence-corrected chi connectivity index (χ4v) is 1.73. The van der Waals surface area contributed by atoms with Crippen LogP contribution >= 0.6 is 0 Å². The van der Waals surface area contributed by atoms with Crippen LogP contribution in [0.1, 0.15) is 10.5 Å². The summed E-state index contributed by atoms with van der Waals surface area (Å²) in [5.74, 6) is -0.524. The normalized spacial score (nSPS) is 10.4. The number of hydrogen-bond acceptors (Lipinski definition) is 4. The van der Waals surface area contributed by atoms with Crippen LogP contribution in [0.15, 0.2) is 57.9 Å². The first-order valence-electron chi connectivity index (χ1n) is 5.79. The first-order valence-corrected chi connectivity index (χ1v) is 5.79. The van der Waals surface area contributed by atoms with E-state index in [4.69, 9.17) is 8.83 Å². The minimum atomic E-state index is -0.574. The highest BCUT2D eigenvalue weighted by atomic mass is 19.1. The number of anilines is 1. The van der Waals surface area contributed by atoms with Crippen molar-refractivity contribution in [1.82, 2.24) is 4.98 Å². The van der Waals surface area contributed by atoms with Crippen molar-refractivity contribution in [2.24, 2.45) is 0 Å². The molecule has 0 radical (unpaired) electrons. The Morgan fingerprint density at radius 2 is 2.00 bits per heavy atom. The van der Waals surface area contributed by atoms with Gasteiger partial charge in [0.25, 0.3) is 5.91 Å². The lowest BCUT2D eigenvalue weighted by molar-refractivity contribution is 0.102. The molecule has 1 aromatic carbocycles. The van der Waals surface area contributed by atoms with Crippen LogP contribution in [0.3, 0.4) is 0 Å². The molecule has 1 N–H and O–H groups in total. The van der Waals surface area contributed by atoms with Gasteiger partial charge in [0.15, 0.2) is 17.8 Å². The van der Waals surface area contributed by atoms with Crippen LogP contribution in [0.5, 0.6) is 0 Å². The summed E-state index contributed by atoms with van der Waals surface area (Å²) < 4.78 is 23.8. The first kappa shape index (κ1) is 12.2. The van der Waals surface area contributed by atoms with E-state index in [0.717, 1.165) is 6.39 Å². The van der Waals surface area contributed by atoms with Gasteiger partial charge in [-0.15, -0.1) is 0 Å². The molecule has 20 heavy (non-hydrogen) atoms. The molecule has 0 bridgehead atoms. The predicted octanol–water partition coefficient (Wildman–Crippen LogP) is 3.33. The molecule has 0 fully saturated rings. The number of amides is 1. The van der Waals surface area contributed by atoms with Gasteiger partial charge in [0.1, 0.15) is 5.82 Å². The van der Waals surface area contributed by atoms with E-state index < -0.39 is 11.7 Å². The van der Waals surface area contributed by atoms with E-state index in [1.165, 1.54) is 24.5 Å². The van der Waals surface area contributed by atoms with Gasteiger partial charge in [-0.3, -0.25) is 4.79 Å². The van der Waals surface area contributed by atoms with Crippen LogP contribution in [0.4, 0.5) is 10.1 Å². The van der Waals surface area contributed by atoms with Crippen LogP contribution in [0, 0.1) is 5.82 Å². The molecule has 0 spiro atoms. The Morgan fingerprint density at radius 3 is 2.75 bits per heavy atom. The van der Waals surface area contributed by atoms with Crippen molar-refractivity contribution < 1.29 is 18.0 Å². The van der Waals surface area contributed by atoms with E-state index in [-0.39, 0.29) is 17.1 Å². The van der Waals surface area contributed by atoms with E-state index in [2.05, 4.69) is 10.3 Å². The number of nitrogens with one attached hydrogen (secondary N) is 1. The average Bonchev–Trinajstić information content (AvgIpc) is 3.11. The topological polar surface area (TPSA) is 68.3 Å². The minimum absolute atomic E-state index is 0.0307. The summed E-state index contributed by atoms with van der Waals surface area (Å²) in [5, 5.41) is 2.44. The van der Waals surface area contributed by atoms with Gasteiger partial charge in [0.05, 0.1) is 12.0 Å². The van der Waals surface area contributed by atoms with Crippen molar-refractivity contribution >= 4 is 11.6 Å². The fraction of sp³-hybridized carbons (Fsp3) is 0. The van der Waals surface area contributed by atoms with Crippen molar-refractivity contribution in [3.8, 4) is 11.5 Å². The molecule has 0 saturated carbocycles. The number of aromatic nitrogens is 1. The molecule has 0 saturated heterocycles. The number of benzene rings is 1. The smallest absolute Gasteiger partial charge is 0.278 e. The maximum absolute atomic E-state index is 13.5. The maximum Gasteiger partial charge on any atom is 0.278 e. The lowest BCUT2D eigenvalue weighted by atomic mass is 10.2. The van der Waals surface area contributed by atoms with Gasteiger partial charge in [-0.05, 0) is 24.3 Å². The second kappa shape index (κ2) is 5.00. The van der Waals surface area contributed by atoms with Crippen LogP contribution in [-0.2, 0) is 0 Å². The molecule has 2 aromatic heterocycles. The Morgan fingerprint density at radius 1 is 1.15 bits per heavy atom. The van der Waals surface area contributed by atoms with Crippen LogP contribution in [0.25, 0.3) is 11.5 Å². The quantitative estimate of drug-likeness (QED) is 0.794. The van der Waals surface area contributed by atoms with Gasteiger partial charge >= 0.3 is 0 Å². The molecule has 0 atom stereocenters. The standard InChI is InChI=1S/C14H9FN2O3/c15-9-4-1-2-5-10(9)17-14(18)12-13(20-8-16-12)11-6-3-7-19-11/h1-8H,(H,17,18). The number of carbonyl (C=O) groups is 1. The van der Waals surface area contributed by atoms with Crippen molar-refractivity contribution in [2.75, 3.05) is 5.32 Å². The molecule has 0 unspecified atom stereocenters. The van der Waals surface area contributed by atoms with Gasteiger partial charge in [0.2, 0.25) is 5.76 Å². The summed E-state index contributed by atoms with van der Waals surface area (Å²) in [6.07, 6.45) is 2.59. The summed E-state index contributed by atoms with van der Waals surface area (Å²) in [6.45, 7) is 0. The van der Waals surface area contributed by atoms with Crippen molar-refractivity contribution in [3.05, 3.63) is 60.6 Å². The lowest BCUT2D eigenvalue weighted by Gasteiger charge is -2.04. The Balaban J connectivity index is 1.89. The van der Waals surface area contributed by atoms with Gasteiger partial charge in [-0.2, -0.15) is 0 Å². The molecule has 1 amide bonds. The van der Waals surface area contributed by atoms with Crippen LogP contribution < -0.4 is 5.32 Å². The van der Waals surface area contributed by atoms with Gasteiger partial charge in [0, 0.05) is 0 Å². The van der Waals surface area contributed by atoms with Crippen LogP contribution in [0.2, 0.25) is 0 Å². The molecular formula is C14H9FN2O3. The highest BCUT2D eigenvalue weighted by Crippen LogP contribution is 2.24. The third-order valence-corrected chi connectivity index (χ3v) is 2.65. The van der Waals surface area contributed by atoms with Crippen LogP contribution in [-0.4, -0.2) is 10.9 Å². The maximum atomic E-state index is 13.5. The molecule has 3 aromatic rings. The second-order valence-corrected chi connectivity index (χ2v) is 3.94. The highest BCUT2D eigenvalue weighted by Gasteiger charge is 2.20. The Kier molecular flexibility index (Phi) is 3.04. The van der Waals surface area contributed by atoms with E-state index in [9.17, 15) is 9.18 Å². The van der Waals surface area contributed by atoms with E-state index in [1.54, 1.807) is 18.2 Å². The number of carbonyl (C=O) groups excluding carboxylic acids is 1. The Labute approximate surface area is 113 Å². The lowest BCUT2D eigenvalue weighted by Crippen LogP contribution is -2.14. The largest absolute Gasteiger partial charge is 0.461 e. The number of hydrogen-bond donors (Lipinski definition) is 1. The summed E-state index contributed by atoms with van der Waals surface area (Å²) in [6, 6.07) is 9.17. The molecule has 100 valence electrons. The summed E-state index contributed by atoms with van der Waals surface area (Å²) in [7, 11) is 0. The molecule has 0 aliphatic carbocycles. The van der Waals surface area contributed by atoms with Gasteiger partial charge in [-0.25, -0.2) is 9.37 Å². The van der Waals surface area contributed by atoms with E-state index in [0.29, 0.717) is 5.76 Å². The molecule has 0 aliphatic heterocycles. The molecule has 0 aliphatic rings. The molecule has 6 heteroatoms.